The number of carbonyl (C=O) groups is 2. The molecule has 2 aliphatic rings. The fraction of sp³-hybridized carbons (Fsp3) is 0.407. The van der Waals surface area contributed by atoms with Gasteiger partial charge < -0.3 is 63.9 Å². The standard InChI is InChI=1S/C59H69N5O11/c1-44-12-26-54(63-58(65)61-51-18-14-46(15-19-51)56-10-3-5-28-73-56)47(42-44)16-20-49-8-7-9-50(60-49)21-17-48-43-45(2)13-27-55(48)64-59(66)62-52-22-24-53(25-23-52)72-40-38-70-36-34-68-32-30-67-31-33-69-35-37-71-39-41-75-57-11-4-6-29-74-57/h7-9,12-15,18-19,22-27,42-43,56-57H,3-6,10-11,28-41H2,1-2H3,(H2,61,63,65)(H2,62,64,66). The highest BCUT2D eigenvalue weighted by atomic mass is 16.7. The van der Waals surface area contributed by atoms with Gasteiger partial charge in [-0.3, -0.25) is 0 Å². The number of urea groups is 2. The average Bonchev–Trinajstić information content (AvgIpc) is 3.43. The first-order valence-electron chi connectivity index (χ1n) is 25.8. The number of nitrogens with zero attached hydrogens (tertiary/aromatic N) is 1. The van der Waals surface area contributed by atoms with Crippen LogP contribution in [-0.4, -0.2) is 116 Å². The molecular formula is C59H69N5O11. The Morgan fingerprint density at radius 3 is 1.49 bits per heavy atom. The number of hydrogen-bond acceptors (Lipinski definition) is 12. The third kappa shape index (κ3) is 20.8. The maximum absolute atomic E-state index is 13.1. The summed E-state index contributed by atoms with van der Waals surface area (Å²) in [6, 6.07) is 30.8. The lowest BCUT2D eigenvalue weighted by molar-refractivity contribution is -0.169. The minimum absolute atomic E-state index is 0.0879. The molecule has 2 aliphatic heterocycles. The highest BCUT2D eigenvalue weighted by Gasteiger charge is 2.17. The summed E-state index contributed by atoms with van der Waals surface area (Å²) in [6.07, 6.45) is 6.47. The monoisotopic (exact) mass is 1020 g/mol. The number of amides is 4. The van der Waals surface area contributed by atoms with Crippen LogP contribution in [0.5, 0.6) is 5.75 Å². The Labute approximate surface area is 440 Å². The van der Waals surface area contributed by atoms with E-state index < -0.39 is 6.03 Å². The van der Waals surface area contributed by atoms with E-state index in [1.54, 1.807) is 36.4 Å². The van der Waals surface area contributed by atoms with Crippen LogP contribution in [0.1, 0.15) is 83.8 Å². The molecule has 5 aromatic rings. The van der Waals surface area contributed by atoms with Crippen molar-refractivity contribution in [2.75, 3.05) is 114 Å². The summed E-state index contributed by atoms with van der Waals surface area (Å²) in [5.41, 5.74) is 7.72. The van der Waals surface area contributed by atoms with Gasteiger partial charge in [0.2, 0.25) is 0 Å². The van der Waals surface area contributed by atoms with Crippen LogP contribution in [0.3, 0.4) is 0 Å². The quantitative estimate of drug-likeness (QED) is 0.0322. The summed E-state index contributed by atoms with van der Waals surface area (Å²) in [5.74, 6) is 13.3. The maximum Gasteiger partial charge on any atom is 0.323 e. The van der Waals surface area contributed by atoms with E-state index in [0.29, 0.717) is 130 Å². The predicted molar refractivity (Wildman–Crippen MR) is 288 cm³/mol. The molecule has 2 fully saturated rings. The van der Waals surface area contributed by atoms with Crippen molar-refractivity contribution in [2.24, 2.45) is 0 Å². The molecule has 16 heteroatoms. The summed E-state index contributed by atoms with van der Waals surface area (Å²) >= 11 is 0. The number of pyridine rings is 1. The molecule has 4 amide bonds. The van der Waals surface area contributed by atoms with Crippen LogP contribution in [-0.2, 0) is 37.9 Å². The molecule has 16 nitrogen and oxygen atoms in total. The summed E-state index contributed by atoms with van der Waals surface area (Å²) < 4.78 is 50.7. The number of hydrogen-bond donors (Lipinski definition) is 4. The van der Waals surface area contributed by atoms with Crippen molar-refractivity contribution >= 4 is 34.8 Å². The molecule has 4 N–H and O–H groups in total. The van der Waals surface area contributed by atoms with E-state index in [1.807, 2.05) is 80.6 Å². The predicted octanol–water partition coefficient (Wildman–Crippen LogP) is 10.0. The van der Waals surface area contributed by atoms with Gasteiger partial charge in [-0.2, -0.15) is 0 Å². The Morgan fingerprint density at radius 1 is 0.520 bits per heavy atom. The van der Waals surface area contributed by atoms with Gasteiger partial charge in [0.1, 0.15) is 23.7 Å². The van der Waals surface area contributed by atoms with Gasteiger partial charge in [0, 0.05) is 35.7 Å². The fourth-order valence-corrected chi connectivity index (χ4v) is 7.85. The smallest absolute Gasteiger partial charge is 0.323 e. The van der Waals surface area contributed by atoms with Gasteiger partial charge in [0.25, 0.3) is 0 Å². The van der Waals surface area contributed by atoms with E-state index >= 15 is 0 Å². The van der Waals surface area contributed by atoms with Crippen LogP contribution in [0.4, 0.5) is 32.3 Å². The molecule has 0 aliphatic carbocycles. The highest BCUT2D eigenvalue weighted by molar-refractivity contribution is 6.01. The Hall–Kier alpha value is -6.83. The van der Waals surface area contributed by atoms with Gasteiger partial charge in [-0.15, -0.1) is 0 Å². The molecule has 2 atom stereocenters. The minimum atomic E-state index is -0.427. The number of anilines is 4. The Kier molecular flexibility index (Phi) is 23.7. The summed E-state index contributed by atoms with van der Waals surface area (Å²) in [7, 11) is 0. The third-order valence-corrected chi connectivity index (χ3v) is 11.7. The van der Waals surface area contributed by atoms with Gasteiger partial charge in [-0.05, 0) is 154 Å². The number of aromatic nitrogens is 1. The zero-order valence-corrected chi connectivity index (χ0v) is 43.0. The molecule has 2 unspecified atom stereocenters. The first-order valence-corrected chi connectivity index (χ1v) is 25.8. The number of nitrogens with one attached hydrogen (secondary N) is 4. The second kappa shape index (κ2) is 31.8. The van der Waals surface area contributed by atoms with E-state index in [0.717, 1.165) is 68.4 Å². The SMILES string of the molecule is Cc1ccc(NC(=O)Nc2ccc(OCCOCCOCCOCCOCCOCCOC3CCCCO3)cc2)c(C#Cc2cccc(C#Cc3cc(C)ccc3NC(=O)Nc3ccc(C4CCCCO4)cc3)n2)c1. The normalized spacial score (nSPS) is 15.1. The first-order chi connectivity index (χ1) is 36.8. The van der Waals surface area contributed by atoms with Crippen LogP contribution >= 0.6 is 0 Å². The number of aryl methyl sites for hydroxylation is 2. The largest absolute Gasteiger partial charge is 0.491 e. The molecule has 2 saturated heterocycles. The zero-order chi connectivity index (χ0) is 52.1. The molecule has 75 heavy (non-hydrogen) atoms. The topological polar surface area (TPSA) is 178 Å². The minimum Gasteiger partial charge on any atom is -0.491 e. The van der Waals surface area contributed by atoms with Gasteiger partial charge in [0.05, 0.1) is 90.2 Å². The molecule has 0 spiro atoms. The van der Waals surface area contributed by atoms with Crippen LogP contribution < -0.4 is 26.0 Å². The van der Waals surface area contributed by atoms with Gasteiger partial charge in [-0.25, -0.2) is 14.6 Å². The van der Waals surface area contributed by atoms with Crippen LogP contribution in [0, 0.1) is 37.5 Å². The van der Waals surface area contributed by atoms with Crippen molar-refractivity contribution in [3.63, 3.8) is 0 Å². The number of carbonyl (C=O) groups excluding carboxylic acids is 2. The van der Waals surface area contributed by atoms with Gasteiger partial charge in [-0.1, -0.05) is 42.2 Å². The first kappa shape index (κ1) is 55.9. The number of rotatable bonds is 25. The lowest BCUT2D eigenvalue weighted by atomic mass is 10.0. The summed E-state index contributed by atoms with van der Waals surface area (Å²) in [6.45, 7) is 11.1. The van der Waals surface area contributed by atoms with E-state index in [9.17, 15) is 9.59 Å². The maximum atomic E-state index is 13.1. The Balaban J connectivity index is 0.771. The van der Waals surface area contributed by atoms with Crippen molar-refractivity contribution in [1.82, 2.24) is 4.98 Å². The summed E-state index contributed by atoms with van der Waals surface area (Å²) in [4.78, 5) is 30.9. The molecule has 0 saturated carbocycles. The molecule has 396 valence electrons. The van der Waals surface area contributed by atoms with E-state index in [2.05, 4.69) is 49.9 Å². The molecular weight excluding hydrogens is 955 g/mol. The van der Waals surface area contributed by atoms with E-state index in [1.165, 1.54) is 0 Å². The lowest BCUT2D eigenvalue weighted by Gasteiger charge is -2.23. The van der Waals surface area contributed by atoms with Crippen molar-refractivity contribution in [2.45, 2.75) is 64.8 Å². The summed E-state index contributed by atoms with van der Waals surface area (Å²) in [5, 5.41) is 11.6. The van der Waals surface area contributed by atoms with Crippen molar-refractivity contribution < 1.29 is 52.2 Å². The number of benzene rings is 4. The average molecular weight is 1020 g/mol. The van der Waals surface area contributed by atoms with Gasteiger partial charge >= 0.3 is 12.1 Å². The molecule has 3 heterocycles. The van der Waals surface area contributed by atoms with Crippen molar-refractivity contribution in [3.05, 3.63) is 142 Å². The van der Waals surface area contributed by atoms with Crippen molar-refractivity contribution in [1.29, 1.82) is 0 Å². The second-order valence-electron chi connectivity index (χ2n) is 17.7. The highest BCUT2D eigenvalue weighted by Crippen LogP contribution is 2.29. The molecule has 7 rings (SSSR count). The Bertz CT molecular complexity index is 2670. The zero-order valence-electron chi connectivity index (χ0n) is 43.0. The van der Waals surface area contributed by atoms with E-state index in [-0.39, 0.29) is 18.4 Å². The second-order valence-corrected chi connectivity index (χ2v) is 17.7. The molecule has 4 aromatic carbocycles. The number of ether oxygens (including phenoxy) is 9. The molecule has 0 bridgehead atoms. The van der Waals surface area contributed by atoms with Crippen LogP contribution in [0.15, 0.2) is 103 Å². The van der Waals surface area contributed by atoms with Gasteiger partial charge in [0.15, 0.2) is 6.29 Å². The fourth-order valence-electron chi connectivity index (χ4n) is 7.85. The van der Waals surface area contributed by atoms with Crippen LogP contribution in [0.2, 0.25) is 0 Å². The Morgan fingerprint density at radius 2 is 1.00 bits per heavy atom. The lowest BCUT2D eigenvalue weighted by Crippen LogP contribution is -2.24. The van der Waals surface area contributed by atoms with Crippen LogP contribution in [0.25, 0.3) is 0 Å². The third-order valence-electron chi connectivity index (χ3n) is 11.7. The van der Waals surface area contributed by atoms with Crippen molar-refractivity contribution in [3.8, 4) is 29.4 Å². The molecule has 0 radical (unpaired) electrons. The van der Waals surface area contributed by atoms with E-state index in [4.69, 9.17) is 42.6 Å². The molecule has 1 aromatic heterocycles.